The molecule has 30 heavy (non-hydrogen) atoms. The molecule has 2 heterocycles. The van der Waals surface area contributed by atoms with Crippen LogP contribution in [0.25, 0.3) is 0 Å². The molecule has 1 aliphatic rings. The van der Waals surface area contributed by atoms with Gasteiger partial charge >= 0.3 is 7.12 Å². The van der Waals surface area contributed by atoms with Gasteiger partial charge in [0.1, 0.15) is 12.1 Å². The van der Waals surface area contributed by atoms with Gasteiger partial charge in [-0.25, -0.2) is 0 Å². The Hall–Kier alpha value is -2.27. The summed E-state index contributed by atoms with van der Waals surface area (Å²) in [6.45, 7) is 3.83. The van der Waals surface area contributed by atoms with Crippen LogP contribution in [0, 0.1) is 16.0 Å². The van der Waals surface area contributed by atoms with Crippen molar-refractivity contribution < 1.29 is 19.8 Å². The molecule has 1 fully saturated rings. The number of carbonyl (C=O) groups excluding carboxylic acids is 1. The predicted molar refractivity (Wildman–Crippen MR) is 116 cm³/mol. The van der Waals surface area contributed by atoms with Crippen molar-refractivity contribution in [2.45, 2.75) is 50.3 Å². The van der Waals surface area contributed by atoms with Crippen LogP contribution in [0.3, 0.4) is 0 Å². The van der Waals surface area contributed by atoms with Gasteiger partial charge in [0.15, 0.2) is 0 Å². The Morgan fingerprint density at radius 1 is 1.27 bits per heavy atom. The topological polar surface area (TPSA) is 125 Å². The lowest BCUT2D eigenvalue weighted by atomic mass is 9.74. The maximum absolute atomic E-state index is 13.2. The molecule has 1 aromatic carbocycles. The van der Waals surface area contributed by atoms with Crippen molar-refractivity contribution in [3.05, 3.63) is 68.4 Å². The molecule has 4 N–H and O–H groups in total. The summed E-state index contributed by atoms with van der Waals surface area (Å²) in [5.74, 6) is -1.88. The number of carbonyl (C=O) groups is 1. The Kier molecular flexibility index (Phi) is 7.25. The summed E-state index contributed by atoms with van der Waals surface area (Å²) >= 11 is 1.37. The maximum Gasteiger partial charge on any atom is 0.475 e. The molecule has 0 bridgehead atoms. The molecule has 0 radical (unpaired) electrons. The van der Waals surface area contributed by atoms with Gasteiger partial charge in [-0.05, 0) is 29.3 Å². The highest BCUT2D eigenvalue weighted by atomic mass is 32.1. The molecule has 5 atom stereocenters. The van der Waals surface area contributed by atoms with E-state index in [9.17, 15) is 25.0 Å². The summed E-state index contributed by atoms with van der Waals surface area (Å²) < 4.78 is 0. The summed E-state index contributed by atoms with van der Waals surface area (Å²) in [4.78, 5) is 25.7. The Morgan fingerprint density at radius 3 is 2.50 bits per heavy atom. The third kappa shape index (κ3) is 4.89. The molecule has 1 saturated heterocycles. The first-order valence-electron chi connectivity index (χ1n) is 9.94. The van der Waals surface area contributed by atoms with E-state index in [1.54, 1.807) is 24.3 Å². The molecule has 0 saturated carbocycles. The van der Waals surface area contributed by atoms with E-state index in [2.05, 4.69) is 10.6 Å². The van der Waals surface area contributed by atoms with Crippen LogP contribution >= 0.6 is 11.3 Å². The Labute approximate surface area is 179 Å². The number of nitrogens with zero attached hydrogens (tertiary/aromatic N) is 1. The van der Waals surface area contributed by atoms with E-state index >= 15 is 0 Å². The van der Waals surface area contributed by atoms with Gasteiger partial charge in [0.25, 0.3) is 0 Å². The van der Waals surface area contributed by atoms with Gasteiger partial charge in [0.2, 0.25) is 11.9 Å². The molecular weight excluding hydrogens is 405 g/mol. The predicted octanol–water partition coefficient (Wildman–Crippen LogP) is 1.73. The first-order chi connectivity index (χ1) is 14.3. The second-order valence-electron chi connectivity index (χ2n) is 8.01. The van der Waals surface area contributed by atoms with Crippen LogP contribution in [-0.4, -0.2) is 46.0 Å². The van der Waals surface area contributed by atoms with Gasteiger partial charge < -0.3 is 15.4 Å². The molecule has 8 nitrogen and oxygen atoms in total. The SMILES string of the molecule is CC(C)CC(NC(=O)[C@@H]1N[C@H](c2ccccc2)[C@@H]([N+](=O)[O-])[C@@H]1c1cccs1)B(O)O. The normalized spacial score (nSPS) is 24.6. The van der Waals surface area contributed by atoms with Crippen LogP contribution in [0.1, 0.15) is 42.7 Å². The lowest BCUT2D eigenvalue weighted by Gasteiger charge is -2.24. The summed E-state index contributed by atoms with van der Waals surface area (Å²) in [5.41, 5.74) is 0.733. The molecule has 10 heteroatoms. The molecule has 1 unspecified atom stereocenters. The van der Waals surface area contributed by atoms with Crippen LogP contribution in [0.15, 0.2) is 47.8 Å². The smallest absolute Gasteiger partial charge is 0.426 e. The van der Waals surface area contributed by atoms with Crippen LogP contribution in [0.5, 0.6) is 0 Å². The van der Waals surface area contributed by atoms with E-state index in [0.717, 1.165) is 10.4 Å². The largest absolute Gasteiger partial charge is 0.475 e. The Morgan fingerprint density at radius 2 is 1.97 bits per heavy atom. The number of nitro groups is 1. The quantitative estimate of drug-likeness (QED) is 0.287. The summed E-state index contributed by atoms with van der Waals surface area (Å²) in [6.07, 6.45) is 0.376. The van der Waals surface area contributed by atoms with Gasteiger partial charge in [-0.15, -0.1) is 11.3 Å². The first kappa shape index (κ1) is 22.4. The van der Waals surface area contributed by atoms with E-state index in [1.807, 2.05) is 37.4 Å². The highest BCUT2D eigenvalue weighted by molar-refractivity contribution is 7.10. The number of nitrogens with one attached hydrogen (secondary N) is 2. The lowest BCUT2D eigenvalue weighted by molar-refractivity contribution is -0.527. The summed E-state index contributed by atoms with van der Waals surface area (Å²) in [6, 6.07) is 10.1. The third-order valence-corrected chi connectivity index (χ3v) is 6.37. The van der Waals surface area contributed by atoms with Gasteiger partial charge in [-0.3, -0.25) is 20.2 Å². The fraction of sp³-hybridized carbons (Fsp3) is 0.450. The van der Waals surface area contributed by atoms with Crippen molar-refractivity contribution >= 4 is 24.4 Å². The van der Waals surface area contributed by atoms with E-state index in [-0.39, 0.29) is 10.8 Å². The van der Waals surface area contributed by atoms with Crippen molar-refractivity contribution in [1.29, 1.82) is 0 Å². The van der Waals surface area contributed by atoms with Crippen LogP contribution in [0.4, 0.5) is 0 Å². The molecule has 3 rings (SSSR count). The highest BCUT2D eigenvalue weighted by Gasteiger charge is 2.55. The number of thiophene rings is 1. The van der Waals surface area contributed by atoms with Gasteiger partial charge in [0.05, 0.1) is 11.9 Å². The Bertz CT molecular complexity index is 849. The zero-order chi connectivity index (χ0) is 21.8. The zero-order valence-electron chi connectivity index (χ0n) is 16.8. The maximum atomic E-state index is 13.2. The lowest BCUT2D eigenvalue weighted by Crippen LogP contribution is -2.53. The first-order valence-corrected chi connectivity index (χ1v) is 10.8. The fourth-order valence-electron chi connectivity index (χ4n) is 4.09. The van der Waals surface area contributed by atoms with E-state index < -0.39 is 43.0 Å². The van der Waals surface area contributed by atoms with Gasteiger partial charge in [-0.2, -0.15) is 0 Å². The molecule has 0 spiro atoms. The monoisotopic (exact) mass is 431 g/mol. The van der Waals surface area contributed by atoms with Crippen molar-refractivity contribution in [1.82, 2.24) is 10.6 Å². The van der Waals surface area contributed by atoms with Crippen molar-refractivity contribution in [2.75, 3.05) is 0 Å². The Balaban J connectivity index is 1.94. The molecule has 160 valence electrons. The van der Waals surface area contributed by atoms with Crippen molar-refractivity contribution in [3.63, 3.8) is 0 Å². The minimum Gasteiger partial charge on any atom is -0.426 e. The van der Waals surface area contributed by atoms with Crippen LogP contribution < -0.4 is 10.6 Å². The molecule has 2 aromatic rings. The second kappa shape index (κ2) is 9.70. The van der Waals surface area contributed by atoms with E-state index in [1.165, 1.54) is 11.3 Å². The number of hydrogen-bond acceptors (Lipinski definition) is 7. The highest BCUT2D eigenvalue weighted by Crippen LogP contribution is 2.41. The minimum atomic E-state index is -1.71. The van der Waals surface area contributed by atoms with Crippen LogP contribution in [-0.2, 0) is 4.79 Å². The summed E-state index contributed by atoms with van der Waals surface area (Å²) in [7, 11) is -1.71. The third-order valence-electron chi connectivity index (χ3n) is 5.40. The van der Waals surface area contributed by atoms with E-state index in [4.69, 9.17) is 0 Å². The average molecular weight is 431 g/mol. The number of rotatable bonds is 8. The molecule has 0 aliphatic carbocycles. The van der Waals surface area contributed by atoms with Crippen LogP contribution in [0.2, 0.25) is 0 Å². The number of hydrogen-bond donors (Lipinski definition) is 4. The van der Waals surface area contributed by atoms with Gasteiger partial charge in [-0.1, -0.05) is 50.2 Å². The standard InChI is InChI=1S/C20H26BN3O5S/c1-12(2)11-15(21(26)27)22-20(25)18-16(14-9-6-10-30-14)19(24(28)29)17(23-18)13-7-4-3-5-8-13/h3-10,12,15-19,23,26-27H,11H2,1-2H3,(H,22,25)/t15?,16-,17-,18-,19+/m1/s1. The minimum absolute atomic E-state index is 0.130. The number of amides is 1. The number of benzene rings is 1. The summed E-state index contributed by atoms with van der Waals surface area (Å²) in [5, 5.41) is 39.2. The molecular formula is C20H26BN3O5S. The van der Waals surface area contributed by atoms with Crippen molar-refractivity contribution in [2.24, 2.45) is 5.92 Å². The second-order valence-corrected chi connectivity index (χ2v) is 8.99. The molecule has 1 amide bonds. The molecule has 1 aromatic heterocycles. The van der Waals surface area contributed by atoms with E-state index in [0.29, 0.717) is 6.42 Å². The molecule has 1 aliphatic heterocycles. The average Bonchev–Trinajstić information content (AvgIpc) is 3.35. The fourth-order valence-corrected chi connectivity index (χ4v) is 5.00. The van der Waals surface area contributed by atoms with Gasteiger partial charge in [0, 0.05) is 9.80 Å². The van der Waals surface area contributed by atoms with Crippen molar-refractivity contribution in [3.8, 4) is 0 Å². The zero-order valence-corrected chi connectivity index (χ0v) is 17.7.